The van der Waals surface area contributed by atoms with Crippen molar-refractivity contribution in [2.24, 2.45) is 10.3 Å². The molecule has 3 nitrogen and oxygen atoms in total. The summed E-state index contributed by atoms with van der Waals surface area (Å²) < 4.78 is 22.4. The van der Waals surface area contributed by atoms with Gasteiger partial charge in [0.15, 0.2) is 8.32 Å². The van der Waals surface area contributed by atoms with Crippen LogP contribution in [0, 0.1) is 5.92 Å². The molecule has 0 spiro atoms. The van der Waals surface area contributed by atoms with Crippen molar-refractivity contribution in [3.8, 4) is 0 Å². The van der Waals surface area contributed by atoms with E-state index in [4.69, 9.17) is 4.43 Å². The standard InChI is InChI=1S/C16H33NO2SSi/c1-15(2,3)20(18)17-12-13-9-10-14(11-13)19-21(7,8)16(4,5)6/h12-14H,9-11H2,1-8H3/b17-12-. The maximum atomic E-state index is 12.0. The van der Waals surface area contributed by atoms with Crippen LogP contribution in [0.2, 0.25) is 18.1 Å². The Balaban J connectivity index is 2.52. The van der Waals surface area contributed by atoms with Gasteiger partial charge in [-0.25, -0.2) is 0 Å². The van der Waals surface area contributed by atoms with Crippen LogP contribution in [0.4, 0.5) is 0 Å². The number of rotatable bonds is 4. The molecule has 0 bridgehead atoms. The summed E-state index contributed by atoms with van der Waals surface area (Å²) in [5, 5.41) is 0.257. The number of nitrogens with zero attached hydrogens (tertiary/aromatic N) is 1. The summed E-state index contributed by atoms with van der Waals surface area (Å²) in [7, 11) is -1.68. The van der Waals surface area contributed by atoms with Crippen LogP contribution in [-0.4, -0.2) is 29.9 Å². The van der Waals surface area contributed by atoms with E-state index in [-0.39, 0.29) is 9.79 Å². The predicted molar refractivity (Wildman–Crippen MR) is 95.8 cm³/mol. The van der Waals surface area contributed by atoms with Crippen molar-refractivity contribution in [2.45, 2.75) is 89.8 Å². The van der Waals surface area contributed by atoms with Crippen molar-refractivity contribution in [1.82, 2.24) is 0 Å². The minimum atomic E-state index is -1.68. The molecule has 3 unspecified atom stereocenters. The first kappa shape index (κ1) is 19.2. The smallest absolute Gasteiger partial charge is 0.192 e. The molecule has 1 aliphatic carbocycles. The maximum Gasteiger partial charge on any atom is 0.192 e. The lowest BCUT2D eigenvalue weighted by atomic mass is 10.1. The molecule has 3 atom stereocenters. The van der Waals surface area contributed by atoms with Crippen molar-refractivity contribution in [3.63, 3.8) is 0 Å². The molecule has 1 rings (SSSR count). The van der Waals surface area contributed by atoms with Gasteiger partial charge in [-0.15, -0.1) is 0 Å². The summed E-state index contributed by atoms with van der Waals surface area (Å²) in [5.41, 5.74) is 0. The largest absolute Gasteiger partial charge is 0.591 e. The van der Waals surface area contributed by atoms with Gasteiger partial charge in [0.2, 0.25) is 0 Å². The number of hydrogen-bond donors (Lipinski definition) is 0. The molecule has 5 heteroatoms. The molecule has 1 fully saturated rings. The zero-order valence-electron chi connectivity index (χ0n) is 15.0. The van der Waals surface area contributed by atoms with Crippen LogP contribution in [-0.2, 0) is 15.8 Å². The van der Waals surface area contributed by atoms with E-state index in [2.05, 4.69) is 38.3 Å². The van der Waals surface area contributed by atoms with Crippen LogP contribution in [0.25, 0.3) is 0 Å². The van der Waals surface area contributed by atoms with Gasteiger partial charge in [0.25, 0.3) is 0 Å². The quantitative estimate of drug-likeness (QED) is 0.425. The third kappa shape index (κ3) is 5.70. The van der Waals surface area contributed by atoms with E-state index in [0.717, 1.165) is 19.3 Å². The van der Waals surface area contributed by atoms with Crippen molar-refractivity contribution in [1.29, 1.82) is 0 Å². The molecule has 0 saturated heterocycles. The van der Waals surface area contributed by atoms with Crippen LogP contribution in [0.5, 0.6) is 0 Å². The molecule has 0 aromatic heterocycles. The second kappa shape index (κ2) is 6.73. The molecule has 0 amide bonds. The summed E-state index contributed by atoms with van der Waals surface area (Å²) in [6, 6.07) is 0. The topological polar surface area (TPSA) is 44.7 Å². The molecule has 0 aliphatic heterocycles. The third-order valence-electron chi connectivity index (χ3n) is 4.58. The van der Waals surface area contributed by atoms with Gasteiger partial charge in [0.1, 0.15) is 16.1 Å². The predicted octanol–water partition coefficient (Wildman–Crippen LogP) is 4.71. The van der Waals surface area contributed by atoms with Gasteiger partial charge in [-0.1, -0.05) is 25.2 Å². The van der Waals surface area contributed by atoms with Crippen molar-refractivity contribution >= 4 is 25.9 Å². The van der Waals surface area contributed by atoms with Crippen molar-refractivity contribution in [3.05, 3.63) is 0 Å². The van der Waals surface area contributed by atoms with Gasteiger partial charge in [0, 0.05) is 12.0 Å². The SMILES string of the molecule is CC(C)(C)[S+]([O-])/N=C\C1CCC(O[Si](C)(C)C(C)(C)C)C1. The highest BCUT2D eigenvalue weighted by Crippen LogP contribution is 2.40. The summed E-state index contributed by atoms with van der Waals surface area (Å²) in [4.78, 5) is 0. The molecule has 0 aromatic carbocycles. The Kier molecular flexibility index (Phi) is 6.15. The maximum absolute atomic E-state index is 12.0. The average Bonchev–Trinajstić information content (AvgIpc) is 2.69. The molecule has 0 radical (unpaired) electrons. The van der Waals surface area contributed by atoms with Crippen LogP contribution in [0.3, 0.4) is 0 Å². The van der Waals surface area contributed by atoms with E-state index in [1.165, 1.54) is 0 Å². The van der Waals surface area contributed by atoms with Crippen LogP contribution in [0.15, 0.2) is 4.40 Å². The first-order chi connectivity index (χ1) is 9.33. The first-order valence-corrected chi connectivity index (χ1v) is 12.0. The lowest BCUT2D eigenvalue weighted by Crippen LogP contribution is -2.43. The molecule has 21 heavy (non-hydrogen) atoms. The van der Waals surface area contributed by atoms with E-state index in [1.807, 2.05) is 27.0 Å². The van der Waals surface area contributed by atoms with E-state index in [0.29, 0.717) is 12.0 Å². The lowest BCUT2D eigenvalue weighted by molar-refractivity contribution is 0.186. The summed E-state index contributed by atoms with van der Waals surface area (Å²) >= 11 is -1.14. The van der Waals surface area contributed by atoms with Gasteiger partial charge in [-0.3, -0.25) is 0 Å². The zero-order chi connectivity index (χ0) is 16.5. The van der Waals surface area contributed by atoms with Gasteiger partial charge in [-0.2, -0.15) is 0 Å². The Morgan fingerprint density at radius 1 is 1.14 bits per heavy atom. The normalized spacial score (nSPS) is 26.5. The van der Waals surface area contributed by atoms with E-state index in [9.17, 15) is 4.55 Å². The zero-order valence-corrected chi connectivity index (χ0v) is 16.8. The summed E-state index contributed by atoms with van der Waals surface area (Å²) in [6.45, 7) is 17.3. The van der Waals surface area contributed by atoms with Crippen LogP contribution >= 0.6 is 0 Å². The molecule has 0 N–H and O–H groups in total. The Bertz CT molecular complexity index is 371. The monoisotopic (exact) mass is 331 g/mol. The van der Waals surface area contributed by atoms with Crippen LogP contribution < -0.4 is 0 Å². The van der Waals surface area contributed by atoms with Crippen LogP contribution in [0.1, 0.15) is 60.8 Å². The Morgan fingerprint density at radius 2 is 1.71 bits per heavy atom. The van der Waals surface area contributed by atoms with Crippen molar-refractivity contribution < 1.29 is 8.98 Å². The minimum Gasteiger partial charge on any atom is -0.591 e. The lowest BCUT2D eigenvalue weighted by Gasteiger charge is -2.38. The second-order valence-electron chi connectivity index (χ2n) is 8.69. The molecule has 1 aliphatic rings. The fourth-order valence-electron chi connectivity index (χ4n) is 2.11. The average molecular weight is 332 g/mol. The third-order valence-corrected chi connectivity index (χ3v) is 10.5. The highest BCUT2D eigenvalue weighted by atomic mass is 32.2. The fourth-order valence-corrected chi connectivity index (χ4v) is 4.11. The van der Waals surface area contributed by atoms with E-state index in [1.54, 1.807) is 0 Å². The fraction of sp³-hybridized carbons (Fsp3) is 0.938. The number of hydrogen-bond acceptors (Lipinski definition) is 3. The summed E-state index contributed by atoms with van der Waals surface area (Å²) in [6.07, 6.45) is 5.49. The molecule has 0 aromatic rings. The van der Waals surface area contributed by atoms with Gasteiger partial charge < -0.3 is 8.98 Å². The highest BCUT2D eigenvalue weighted by Gasteiger charge is 2.40. The second-order valence-corrected chi connectivity index (χ2v) is 15.4. The van der Waals surface area contributed by atoms with Crippen molar-refractivity contribution in [2.75, 3.05) is 0 Å². The Labute approximate surface area is 135 Å². The van der Waals surface area contributed by atoms with E-state index >= 15 is 0 Å². The molecular weight excluding hydrogens is 298 g/mol. The van der Waals surface area contributed by atoms with E-state index < -0.39 is 19.7 Å². The first-order valence-electron chi connectivity index (χ1n) is 7.97. The summed E-state index contributed by atoms with van der Waals surface area (Å²) in [5.74, 6) is 0.422. The van der Waals surface area contributed by atoms with Gasteiger partial charge in [0.05, 0.1) is 6.21 Å². The Morgan fingerprint density at radius 3 is 2.19 bits per heavy atom. The molecule has 1 saturated carbocycles. The highest BCUT2D eigenvalue weighted by molar-refractivity contribution is 7.91. The van der Waals surface area contributed by atoms with Gasteiger partial charge >= 0.3 is 0 Å². The molecular formula is C16H33NO2SSi. The minimum absolute atomic E-state index is 0.257. The molecule has 124 valence electrons. The molecule has 0 heterocycles. The Hall–Kier alpha value is 0.157. The van der Waals surface area contributed by atoms with Gasteiger partial charge in [-0.05, 0) is 58.2 Å².